The first-order chi connectivity index (χ1) is 10.9. The van der Waals surface area contributed by atoms with Crippen LogP contribution in [0.1, 0.15) is 12.8 Å². The number of hydrogen-bond donors (Lipinski definition) is 0. The molecular formula is C15H15F3N4O. The van der Waals surface area contributed by atoms with Crippen molar-refractivity contribution in [2.24, 2.45) is 0 Å². The zero-order valence-electron chi connectivity index (χ0n) is 12.2. The van der Waals surface area contributed by atoms with E-state index in [0.29, 0.717) is 18.5 Å². The highest BCUT2D eigenvalue weighted by Gasteiger charge is 2.40. The van der Waals surface area contributed by atoms with Crippen molar-refractivity contribution >= 4 is 5.91 Å². The molecule has 8 heteroatoms. The average Bonchev–Trinajstić information content (AvgIpc) is 3.24. The van der Waals surface area contributed by atoms with Crippen molar-refractivity contribution in [2.45, 2.75) is 31.6 Å². The molecule has 122 valence electrons. The lowest BCUT2D eigenvalue weighted by molar-refractivity contribution is -0.162. The number of halogens is 3. The summed E-state index contributed by atoms with van der Waals surface area (Å²) in [6.45, 7) is -1.46. The van der Waals surface area contributed by atoms with E-state index in [9.17, 15) is 18.0 Å². The van der Waals surface area contributed by atoms with Crippen molar-refractivity contribution in [3.05, 3.63) is 36.5 Å². The van der Waals surface area contributed by atoms with E-state index in [1.54, 1.807) is 6.20 Å². The number of hydrogen-bond acceptors (Lipinski definition) is 3. The Labute approximate surface area is 130 Å². The van der Waals surface area contributed by atoms with Gasteiger partial charge in [-0.25, -0.2) is 4.68 Å². The van der Waals surface area contributed by atoms with Gasteiger partial charge >= 0.3 is 6.18 Å². The standard InChI is InChI=1S/C15H15F3N4O/c16-15(17,18)10-22(12-6-7-12)14(23)9-21-8-13(19-20-21)11-4-2-1-3-5-11/h1-5,8,12H,6-7,9-10H2. The molecule has 2 aromatic rings. The number of rotatable bonds is 5. The lowest BCUT2D eigenvalue weighted by Crippen LogP contribution is -2.42. The first-order valence-electron chi connectivity index (χ1n) is 7.24. The molecule has 0 radical (unpaired) electrons. The second-order valence-electron chi connectivity index (χ2n) is 5.54. The molecule has 1 aromatic heterocycles. The minimum atomic E-state index is -4.39. The van der Waals surface area contributed by atoms with Crippen LogP contribution in [-0.4, -0.2) is 44.6 Å². The van der Waals surface area contributed by atoms with E-state index >= 15 is 0 Å². The molecule has 1 amide bonds. The van der Waals surface area contributed by atoms with Crippen LogP contribution < -0.4 is 0 Å². The van der Waals surface area contributed by atoms with E-state index in [4.69, 9.17) is 0 Å². The van der Waals surface area contributed by atoms with Crippen LogP contribution in [0.3, 0.4) is 0 Å². The van der Waals surface area contributed by atoms with Gasteiger partial charge in [0.15, 0.2) is 0 Å². The smallest absolute Gasteiger partial charge is 0.329 e. The lowest BCUT2D eigenvalue weighted by Gasteiger charge is -2.23. The molecule has 0 spiro atoms. The molecule has 3 rings (SSSR count). The minimum absolute atomic E-state index is 0.244. The van der Waals surface area contributed by atoms with Gasteiger partial charge < -0.3 is 4.90 Å². The van der Waals surface area contributed by atoms with Gasteiger partial charge in [0.05, 0.1) is 6.20 Å². The van der Waals surface area contributed by atoms with Gasteiger partial charge in [-0.15, -0.1) is 5.10 Å². The van der Waals surface area contributed by atoms with E-state index in [-0.39, 0.29) is 12.6 Å². The summed E-state index contributed by atoms with van der Waals surface area (Å²) in [6.07, 6.45) is -1.59. The number of carbonyl (C=O) groups excluding carboxylic acids is 1. The predicted molar refractivity (Wildman–Crippen MR) is 76.2 cm³/mol. The van der Waals surface area contributed by atoms with Crippen LogP contribution in [0.4, 0.5) is 13.2 Å². The molecule has 0 unspecified atom stereocenters. The molecule has 0 saturated heterocycles. The molecule has 5 nitrogen and oxygen atoms in total. The average molecular weight is 324 g/mol. The molecule has 1 heterocycles. The van der Waals surface area contributed by atoms with E-state index in [1.165, 1.54) is 4.68 Å². The lowest BCUT2D eigenvalue weighted by atomic mass is 10.2. The highest BCUT2D eigenvalue weighted by molar-refractivity contribution is 5.76. The molecule has 1 fully saturated rings. The van der Waals surface area contributed by atoms with Gasteiger partial charge in [0.1, 0.15) is 18.8 Å². The summed E-state index contributed by atoms with van der Waals surface area (Å²) in [5.41, 5.74) is 1.41. The molecule has 0 bridgehead atoms. The molecule has 1 saturated carbocycles. The summed E-state index contributed by atoms with van der Waals surface area (Å²) in [5, 5.41) is 7.78. The van der Waals surface area contributed by atoms with Crippen molar-refractivity contribution in [3.8, 4) is 11.3 Å². The third-order valence-electron chi connectivity index (χ3n) is 3.56. The summed E-state index contributed by atoms with van der Waals surface area (Å²) in [4.78, 5) is 13.0. The van der Waals surface area contributed by atoms with E-state index in [2.05, 4.69) is 10.3 Å². The molecule has 1 aliphatic rings. The normalized spacial score (nSPS) is 14.7. The Balaban J connectivity index is 1.69. The zero-order valence-corrected chi connectivity index (χ0v) is 12.2. The van der Waals surface area contributed by atoms with Crippen LogP contribution in [0.25, 0.3) is 11.3 Å². The van der Waals surface area contributed by atoms with E-state index < -0.39 is 18.6 Å². The summed E-state index contributed by atoms with van der Waals surface area (Å²) in [5.74, 6) is -0.589. The first-order valence-corrected chi connectivity index (χ1v) is 7.24. The number of carbonyl (C=O) groups is 1. The second kappa shape index (κ2) is 6.02. The van der Waals surface area contributed by atoms with Gasteiger partial charge in [-0.05, 0) is 12.8 Å². The van der Waals surface area contributed by atoms with Crippen LogP contribution in [0, 0.1) is 0 Å². The summed E-state index contributed by atoms with van der Waals surface area (Å²) in [6, 6.07) is 8.94. The fourth-order valence-electron chi connectivity index (χ4n) is 2.35. The Morgan fingerprint density at radius 2 is 1.96 bits per heavy atom. The van der Waals surface area contributed by atoms with E-state index in [0.717, 1.165) is 10.5 Å². The fourth-order valence-corrected chi connectivity index (χ4v) is 2.35. The number of aromatic nitrogens is 3. The van der Waals surface area contributed by atoms with Crippen LogP contribution in [-0.2, 0) is 11.3 Å². The topological polar surface area (TPSA) is 51.0 Å². The highest BCUT2D eigenvalue weighted by atomic mass is 19.4. The predicted octanol–water partition coefficient (Wildman–Crippen LogP) is 2.50. The Kier molecular flexibility index (Phi) is 4.06. The van der Waals surface area contributed by atoms with Crippen molar-refractivity contribution in [2.75, 3.05) is 6.54 Å². The van der Waals surface area contributed by atoms with Crippen LogP contribution in [0.2, 0.25) is 0 Å². The zero-order chi connectivity index (χ0) is 16.4. The van der Waals surface area contributed by atoms with Crippen molar-refractivity contribution in [1.82, 2.24) is 19.9 Å². The van der Waals surface area contributed by atoms with Gasteiger partial charge in [0, 0.05) is 11.6 Å². The Hall–Kier alpha value is -2.38. The largest absolute Gasteiger partial charge is 0.406 e. The number of benzene rings is 1. The van der Waals surface area contributed by atoms with Gasteiger partial charge in [-0.2, -0.15) is 13.2 Å². The summed E-state index contributed by atoms with van der Waals surface area (Å²) < 4.78 is 39.0. The fraction of sp³-hybridized carbons (Fsp3) is 0.400. The van der Waals surface area contributed by atoms with Crippen LogP contribution >= 0.6 is 0 Å². The van der Waals surface area contributed by atoms with Crippen molar-refractivity contribution < 1.29 is 18.0 Å². The molecule has 1 aromatic carbocycles. The second-order valence-corrected chi connectivity index (χ2v) is 5.54. The van der Waals surface area contributed by atoms with Gasteiger partial charge in [0.2, 0.25) is 5.91 Å². The quantitative estimate of drug-likeness (QED) is 0.849. The number of amides is 1. The maximum atomic E-state index is 12.6. The molecule has 0 N–H and O–H groups in total. The van der Waals surface area contributed by atoms with E-state index in [1.807, 2.05) is 30.3 Å². The van der Waals surface area contributed by atoms with Gasteiger partial charge in [-0.3, -0.25) is 4.79 Å². The van der Waals surface area contributed by atoms with Gasteiger partial charge in [-0.1, -0.05) is 35.5 Å². The Bertz CT molecular complexity index is 680. The monoisotopic (exact) mass is 324 g/mol. The molecule has 23 heavy (non-hydrogen) atoms. The first kappa shape index (κ1) is 15.5. The molecule has 1 aliphatic carbocycles. The SMILES string of the molecule is O=C(Cn1cc(-c2ccccc2)nn1)N(CC(F)(F)F)C1CC1. The highest BCUT2D eigenvalue weighted by Crippen LogP contribution is 2.30. The van der Waals surface area contributed by atoms with Crippen LogP contribution in [0.15, 0.2) is 36.5 Å². The molecule has 0 aliphatic heterocycles. The minimum Gasteiger partial charge on any atom is -0.329 e. The maximum absolute atomic E-state index is 12.6. The molecule has 0 atom stereocenters. The third kappa shape index (κ3) is 4.08. The van der Waals surface area contributed by atoms with Gasteiger partial charge in [0.25, 0.3) is 0 Å². The third-order valence-corrected chi connectivity index (χ3v) is 3.56. The maximum Gasteiger partial charge on any atom is 0.406 e. The Morgan fingerprint density at radius 3 is 2.57 bits per heavy atom. The van der Waals surface area contributed by atoms with Crippen molar-refractivity contribution in [1.29, 1.82) is 0 Å². The molecular weight excluding hydrogens is 309 g/mol. The summed E-state index contributed by atoms with van der Waals surface area (Å²) >= 11 is 0. The summed E-state index contributed by atoms with van der Waals surface area (Å²) in [7, 11) is 0. The number of alkyl halides is 3. The Morgan fingerprint density at radius 1 is 1.26 bits per heavy atom. The van der Waals surface area contributed by atoms with Crippen molar-refractivity contribution in [3.63, 3.8) is 0 Å². The van der Waals surface area contributed by atoms with Crippen LogP contribution in [0.5, 0.6) is 0 Å². The number of nitrogens with zero attached hydrogens (tertiary/aromatic N) is 4.